The summed E-state index contributed by atoms with van der Waals surface area (Å²) in [7, 11) is 0. The maximum atomic E-state index is 5.68. The van der Waals surface area contributed by atoms with E-state index >= 15 is 0 Å². The Hall–Kier alpha value is -1.04. The summed E-state index contributed by atoms with van der Waals surface area (Å²) in [4.78, 5) is 0. The van der Waals surface area contributed by atoms with E-state index < -0.39 is 0 Å². The predicted molar refractivity (Wildman–Crippen MR) is 81.9 cm³/mol. The average molecular weight is 264 g/mol. The molecular formula is C17H28O2. The van der Waals surface area contributed by atoms with Crippen LogP contribution >= 0.6 is 0 Å². The second kappa shape index (κ2) is 15.0. The van der Waals surface area contributed by atoms with Crippen molar-refractivity contribution in [3.05, 3.63) is 24.8 Å². The second-order valence-electron chi connectivity index (χ2n) is 4.35. The van der Waals surface area contributed by atoms with Crippen LogP contribution in [0.4, 0.5) is 0 Å². The summed E-state index contributed by atoms with van der Waals surface area (Å²) in [6.07, 6.45) is 11.9. The molecule has 0 spiro atoms. The van der Waals surface area contributed by atoms with Crippen LogP contribution in [0, 0.1) is 11.8 Å². The van der Waals surface area contributed by atoms with Crippen molar-refractivity contribution in [3.8, 4) is 11.8 Å². The molecule has 0 rings (SSSR count). The fourth-order valence-corrected chi connectivity index (χ4v) is 1.54. The van der Waals surface area contributed by atoms with E-state index in [2.05, 4.69) is 38.3 Å². The van der Waals surface area contributed by atoms with E-state index in [-0.39, 0.29) is 6.29 Å². The maximum absolute atomic E-state index is 5.68. The molecule has 0 bridgehead atoms. The third-order valence-electron chi connectivity index (χ3n) is 2.46. The van der Waals surface area contributed by atoms with Crippen molar-refractivity contribution in [2.75, 3.05) is 13.2 Å². The standard InChI is InChI=1S/C17H28O2/c1-4-7-8-9-10-11-12-13-14-17(18-15-5-2)19-16-6-3/h4,9-10,17H,1,5-6,11-16H2,2-3H3/b10-9-. The predicted octanol–water partition coefficient (Wildman–Crippen LogP) is 4.47. The van der Waals surface area contributed by atoms with E-state index in [1.165, 1.54) is 0 Å². The molecular weight excluding hydrogens is 236 g/mol. The third kappa shape index (κ3) is 13.2. The SMILES string of the molecule is C=CC#C/C=C\CCCCC(OCCC)OCCC. The monoisotopic (exact) mass is 264 g/mol. The van der Waals surface area contributed by atoms with Gasteiger partial charge in [-0.2, -0.15) is 0 Å². The molecule has 0 heterocycles. The lowest BCUT2D eigenvalue weighted by Crippen LogP contribution is -2.18. The fourth-order valence-electron chi connectivity index (χ4n) is 1.54. The summed E-state index contributed by atoms with van der Waals surface area (Å²) in [5.74, 6) is 5.68. The zero-order valence-corrected chi connectivity index (χ0v) is 12.5. The molecule has 0 atom stereocenters. The molecule has 19 heavy (non-hydrogen) atoms. The van der Waals surface area contributed by atoms with Gasteiger partial charge < -0.3 is 9.47 Å². The second-order valence-corrected chi connectivity index (χ2v) is 4.35. The quantitative estimate of drug-likeness (QED) is 0.311. The lowest BCUT2D eigenvalue weighted by atomic mass is 10.2. The first-order chi connectivity index (χ1) is 9.35. The van der Waals surface area contributed by atoms with Gasteiger partial charge in [0.1, 0.15) is 0 Å². The Morgan fingerprint density at radius 1 is 1.05 bits per heavy atom. The minimum atomic E-state index is -0.0237. The van der Waals surface area contributed by atoms with Crippen LogP contribution in [-0.4, -0.2) is 19.5 Å². The van der Waals surface area contributed by atoms with Gasteiger partial charge in [-0.05, 0) is 50.7 Å². The van der Waals surface area contributed by atoms with E-state index in [0.717, 1.165) is 51.7 Å². The Morgan fingerprint density at radius 2 is 1.74 bits per heavy atom. The van der Waals surface area contributed by atoms with Gasteiger partial charge >= 0.3 is 0 Å². The highest BCUT2D eigenvalue weighted by molar-refractivity contribution is 5.21. The van der Waals surface area contributed by atoms with Crippen LogP contribution in [0.15, 0.2) is 24.8 Å². The van der Waals surface area contributed by atoms with Gasteiger partial charge in [-0.1, -0.05) is 38.3 Å². The Kier molecular flexibility index (Phi) is 14.2. The molecule has 0 aromatic heterocycles. The number of unbranched alkanes of at least 4 members (excludes halogenated alkanes) is 2. The molecule has 0 aliphatic carbocycles. The third-order valence-corrected chi connectivity index (χ3v) is 2.46. The largest absolute Gasteiger partial charge is 0.353 e. The van der Waals surface area contributed by atoms with Gasteiger partial charge in [-0.15, -0.1) is 0 Å². The minimum absolute atomic E-state index is 0.0237. The highest BCUT2D eigenvalue weighted by atomic mass is 16.7. The van der Waals surface area contributed by atoms with Crippen molar-refractivity contribution < 1.29 is 9.47 Å². The van der Waals surface area contributed by atoms with Crippen LogP contribution in [0.25, 0.3) is 0 Å². The molecule has 0 N–H and O–H groups in total. The van der Waals surface area contributed by atoms with E-state index in [0.29, 0.717) is 0 Å². The zero-order chi connectivity index (χ0) is 14.2. The molecule has 2 heteroatoms. The van der Waals surface area contributed by atoms with Crippen molar-refractivity contribution in [1.29, 1.82) is 0 Å². The zero-order valence-electron chi connectivity index (χ0n) is 12.5. The number of rotatable bonds is 11. The van der Waals surface area contributed by atoms with E-state index in [4.69, 9.17) is 9.47 Å². The van der Waals surface area contributed by atoms with Crippen LogP contribution in [0.3, 0.4) is 0 Å². The molecule has 0 unspecified atom stereocenters. The summed E-state index contributed by atoms with van der Waals surface area (Å²) in [5, 5.41) is 0. The van der Waals surface area contributed by atoms with Gasteiger partial charge in [0.05, 0.1) is 0 Å². The fraction of sp³-hybridized carbons (Fsp3) is 0.647. The number of ether oxygens (including phenoxy) is 2. The lowest BCUT2D eigenvalue weighted by molar-refractivity contribution is -0.146. The molecule has 2 nitrogen and oxygen atoms in total. The Morgan fingerprint density at radius 3 is 2.32 bits per heavy atom. The molecule has 108 valence electrons. The van der Waals surface area contributed by atoms with Gasteiger partial charge in [-0.25, -0.2) is 0 Å². The first kappa shape index (κ1) is 18.0. The average Bonchev–Trinajstić information content (AvgIpc) is 2.43. The Balaban J connectivity index is 3.66. The normalized spacial score (nSPS) is 10.7. The van der Waals surface area contributed by atoms with Crippen molar-refractivity contribution >= 4 is 0 Å². The van der Waals surface area contributed by atoms with Crippen molar-refractivity contribution in [2.45, 2.75) is 58.7 Å². The minimum Gasteiger partial charge on any atom is -0.353 e. The molecule has 0 amide bonds. The Labute approximate surface area is 118 Å². The number of hydrogen-bond donors (Lipinski definition) is 0. The molecule has 0 saturated heterocycles. The van der Waals surface area contributed by atoms with Crippen LogP contribution in [-0.2, 0) is 9.47 Å². The molecule has 0 fully saturated rings. The molecule has 0 aliphatic rings. The maximum Gasteiger partial charge on any atom is 0.157 e. The van der Waals surface area contributed by atoms with Crippen molar-refractivity contribution in [2.24, 2.45) is 0 Å². The Bertz CT molecular complexity index is 275. The van der Waals surface area contributed by atoms with E-state index in [9.17, 15) is 0 Å². The van der Waals surface area contributed by atoms with Gasteiger partial charge in [-0.3, -0.25) is 0 Å². The van der Waals surface area contributed by atoms with Gasteiger partial charge in [0.25, 0.3) is 0 Å². The topological polar surface area (TPSA) is 18.5 Å². The summed E-state index contributed by atoms with van der Waals surface area (Å²) in [6.45, 7) is 9.34. The molecule has 0 saturated carbocycles. The van der Waals surface area contributed by atoms with E-state index in [1.807, 2.05) is 6.08 Å². The number of hydrogen-bond acceptors (Lipinski definition) is 2. The van der Waals surface area contributed by atoms with Crippen molar-refractivity contribution in [3.63, 3.8) is 0 Å². The van der Waals surface area contributed by atoms with Gasteiger partial charge in [0.2, 0.25) is 0 Å². The highest BCUT2D eigenvalue weighted by Crippen LogP contribution is 2.09. The summed E-state index contributed by atoms with van der Waals surface area (Å²) in [6, 6.07) is 0. The summed E-state index contributed by atoms with van der Waals surface area (Å²) < 4.78 is 11.4. The van der Waals surface area contributed by atoms with Crippen molar-refractivity contribution in [1.82, 2.24) is 0 Å². The van der Waals surface area contributed by atoms with Crippen LogP contribution < -0.4 is 0 Å². The lowest BCUT2D eigenvalue weighted by Gasteiger charge is -2.17. The number of allylic oxidation sites excluding steroid dienone is 3. The smallest absolute Gasteiger partial charge is 0.157 e. The van der Waals surface area contributed by atoms with Crippen LogP contribution in [0.2, 0.25) is 0 Å². The van der Waals surface area contributed by atoms with Crippen LogP contribution in [0.1, 0.15) is 52.4 Å². The molecule has 0 aromatic rings. The van der Waals surface area contributed by atoms with Gasteiger partial charge in [0, 0.05) is 13.2 Å². The summed E-state index contributed by atoms with van der Waals surface area (Å²) >= 11 is 0. The summed E-state index contributed by atoms with van der Waals surface area (Å²) in [5.41, 5.74) is 0. The molecule has 0 radical (unpaired) electrons. The first-order valence-corrected chi connectivity index (χ1v) is 7.35. The molecule has 0 aromatic carbocycles. The molecule has 0 aliphatic heterocycles. The highest BCUT2D eigenvalue weighted by Gasteiger charge is 2.07. The van der Waals surface area contributed by atoms with Gasteiger partial charge in [0.15, 0.2) is 6.29 Å². The van der Waals surface area contributed by atoms with Crippen LogP contribution in [0.5, 0.6) is 0 Å². The van der Waals surface area contributed by atoms with E-state index in [1.54, 1.807) is 6.08 Å². The first-order valence-electron chi connectivity index (χ1n) is 7.35.